The van der Waals surface area contributed by atoms with Crippen molar-refractivity contribution in [1.29, 1.82) is 0 Å². The first-order chi connectivity index (χ1) is 8.54. The largest absolute Gasteiger partial charge is 0.395 e. The lowest BCUT2D eigenvalue weighted by molar-refractivity contribution is 0.0935. The number of amides is 1. The Balaban J connectivity index is 2.91. The van der Waals surface area contributed by atoms with Crippen LogP contribution < -0.4 is 11.1 Å². The van der Waals surface area contributed by atoms with Crippen LogP contribution in [0.1, 0.15) is 42.9 Å². The van der Waals surface area contributed by atoms with Gasteiger partial charge in [0.2, 0.25) is 0 Å². The first-order valence-corrected chi connectivity index (χ1v) is 6.13. The SMILES string of the molecule is C#CC(CCC)NC(=O)c1c(N)c(CC)nn1C. The van der Waals surface area contributed by atoms with E-state index in [1.54, 1.807) is 7.05 Å². The van der Waals surface area contributed by atoms with Crippen LogP contribution in [0, 0.1) is 12.3 Å². The molecular formula is C13H20N4O. The zero-order valence-corrected chi connectivity index (χ0v) is 11.2. The Labute approximate surface area is 108 Å². The average Bonchev–Trinajstić information content (AvgIpc) is 2.63. The van der Waals surface area contributed by atoms with Gasteiger partial charge in [-0.1, -0.05) is 26.2 Å². The second-order valence-electron chi connectivity index (χ2n) is 4.17. The molecule has 0 aliphatic carbocycles. The maximum absolute atomic E-state index is 12.1. The number of aryl methyl sites for hydroxylation is 2. The summed E-state index contributed by atoms with van der Waals surface area (Å²) in [7, 11) is 1.70. The van der Waals surface area contributed by atoms with E-state index < -0.39 is 0 Å². The quantitative estimate of drug-likeness (QED) is 0.766. The molecule has 1 atom stereocenters. The van der Waals surface area contributed by atoms with Crippen molar-refractivity contribution in [3.05, 3.63) is 11.4 Å². The molecule has 0 aliphatic rings. The molecule has 3 N–H and O–H groups in total. The standard InChI is InChI=1S/C13H20N4O/c1-5-8-9(6-2)15-13(18)12-11(14)10(7-3)16-17(12)4/h2,9H,5,7-8,14H2,1,3-4H3,(H,15,18). The number of aromatic nitrogens is 2. The van der Waals surface area contributed by atoms with Gasteiger partial charge in [0.15, 0.2) is 0 Å². The first-order valence-electron chi connectivity index (χ1n) is 6.13. The molecule has 1 amide bonds. The molecule has 98 valence electrons. The van der Waals surface area contributed by atoms with E-state index in [0.29, 0.717) is 17.8 Å². The van der Waals surface area contributed by atoms with Crippen LogP contribution >= 0.6 is 0 Å². The van der Waals surface area contributed by atoms with Gasteiger partial charge in [0.25, 0.3) is 5.91 Å². The summed E-state index contributed by atoms with van der Waals surface area (Å²) in [5, 5.41) is 7.00. The summed E-state index contributed by atoms with van der Waals surface area (Å²) in [6, 6.07) is -0.262. The lowest BCUT2D eigenvalue weighted by atomic mass is 10.1. The molecule has 1 aromatic heterocycles. The number of nitrogens with zero attached hydrogens (tertiary/aromatic N) is 2. The Hall–Kier alpha value is -1.96. The van der Waals surface area contributed by atoms with E-state index in [0.717, 1.165) is 18.5 Å². The minimum atomic E-state index is -0.265. The van der Waals surface area contributed by atoms with Crippen LogP contribution in [-0.4, -0.2) is 21.7 Å². The Morgan fingerprint density at radius 2 is 2.28 bits per heavy atom. The highest BCUT2D eigenvalue weighted by Gasteiger charge is 2.20. The van der Waals surface area contributed by atoms with Crippen LogP contribution in [0.25, 0.3) is 0 Å². The van der Waals surface area contributed by atoms with E-state index in [1.165, 1.54) is 4.68 Å². The number of rotatable bonds is 5. The molecule has 0 aromatic carbocycles. The molecule has 1 heterocycles. The number of hydrogen-bond acceptors (Lipinski definition) is 3. The number of nitrogens with one attached hydrogen (secondary N) is 1. The second kappa shape index (κ2) is 6.10. The highest BCUT2D eigenvalue weighted by molar-refractivity contribution is 5.98. The van der Waals surface area contributed by atoms with Crippen molar-refractivity contribution < 1.29 is 4.79 Å². The molecule has 0 aliphatic heterocycles. The van der Waals surface area contributed by atoms with Gasteiger partial charge in [-0.05, 0) is 12.8 Å². The molecule has 0 fully saturated rings. The molecule has 1 aromatic rings. The van der Waals surface area contributed by atoms with E-state index in [4.69, 9.17) is 12.2 Å². The molecule has 5 nitrogen and oxygen atoms in total. The number of nitrogen functional groups attached to an aromatic ring is 1. The monoisotopic (exact) mass is 248 g/mol. The van der Waals surface area contributed by atoms with E-state index in [9.17, 15) is 4.79 Å². The third kappa shape index (κ3) is 2.83. The molecule has 0 radical (unpaired) electrons. The summed E-state index contributed by atoms with van der Waals surface area (Å²) in [5.41, 5.74) is 7.46. The fraction of sp³-hybridized carbons (Fsp3) is 0.538. The smallest absolute Gasteiger partial charge is 0.272 e. The minimum absolute atomic E-state index is 0.262. The third-order valence-corrected chi connectivity index (χ3v) is 2.79. The molecule has 0 saturated heterocycles. The Bertz CT molecular complexity index is 470. The van der Waals surface area contributed by atoms with Crippen LogP contribution in [0.2, 0.25) is 0 Å². The number of hydrogen-bond donors (Lipinski definition) is 2. The Morgan fingerprint density at radius 3 is 2.72 bits per heavy atom. The first kappa shape index (κ1) is 14.1. The zero-order valence-electron chi connectivity index (χ0n) is 11.2. The van der Waals surface area contributed by atoms with Gasteiger partial charge < -0.3 is 11.1 Å². The molecule has 0 spiro atoms. The predicted octanol–water partition coefficient (Wildman–Crippen LogP) is 1.10. The zero-order chi connectivity index (χ0) is 13.7. The van der Waals surface area contributed by atoms with Crippen molar-refractivity contribution >= 4 is 11.6 Å². The molecule has 18 heavy (non-hydrogen) atoms. The van der Waals surface area contributed by atoms with E-state index in [-0.39, 0.29) is 11.9 Å². The number of carbonyl (C=O) groups is 1. The Kier molecular flexibility index (Phi) is 4.78. The summed E-state index contributed by atoms with van der Waals surface area (Å²) in [4.78, 5) is 12.1. The number of terminal acetylenes is 1. The van der Waals surface area contributed by atoms with Crippen molar-refractivity contribution in [2.24, 2.45) is 7.05 Å². The van der Waals surface area contributed by atoms with Crippen molar-refractivity contribution in [3.63, 3.8) is 0 Å². The van der Waals surface area contributed by atoms with Crippen molar-refractivity contribution in [3.8, 4) is 12.3 Å². The van der Waals surface area contributed by atoms with Gasteiger partial charge in [0, 0.05) is 7.05 Å². The molecular weight excluding hydrogens is 228 g/mol. The van der Waals surface area contributed by atoms with Gasteiger partial charge >= 0.3 is 0 Å². The third-order valence-electron chi connectivity index (χ3n) is 2.79. The van der Waals surface area contributed by atoms with Crippen LogP contribution in [0.3, 0.4) is 0 Å². The molecule has 1 rings (SSSR count). The van der Waals surface area contributed by atoms with Crippen LogP contribution in [-0.2, 0) is 13.5 Å². The highest BCUT2D eigenvalue weighted by atomic mass is 16.2. The lowest BCUT2D eigenvalue weighted by Crippen LogP contribution is -2.35. The van der Waals surface area contributed by atoms with Crippen LogP contribution in [0.15, 0.2) is 0 Å². The molecule has 1 unspecified atom stereocenters. The normalized spacial score (nSPS) is 11.9. The highest BCUT2D eigenvalue weighted by Crippen LogP contribution is 2.17. The van der Waals surface area contributed by atoms with E-state index in [2.05, 4.69) is 16.3 Å². The second-order valence-corrected chi connectivity index (χ2v) is 4.17. The predicted molar refractivity (Wildman–Crippen MR) is 72.0 cm³/mol. The lowest BCUT2D eigenvalue weighted by Gasteiger charge is -2.12. The van der Waals surface area contributed by atoms with Gasteiger partial charge in [-0.3, -0.25) is 9.48 Å². The fourth-order valence-corrected chi connectivity index (χ4v) is 1.84. The van der Waals surface area contributed by atoms with Gasteiger partial charge in [0.1, 0.15) is 5.69 Å². The summed E-state index contributed by atoms with van der Waals surface area (Å²) in [6.45, 7) is 3.96. The van der Waals surface area contributed by atoms with Crippen LogP contribution in [0.5, 0.6) is 0 Å². The van der Waals surface area contributed by atoms with Crippen LogP contribution in [0.4, 0.5) is 5.69 Å². The maximum Gasteiger partial charge on any atom is 0.272 e. The molecule has 0 saturated carbocycles. The van der Waals surface area contributed by atoms with E-state index >= 15 is 0 Å². The molecule has 0 bridgehead atoms. The average molecular weight is 248 g/mol. The van der Waals surface area contributed by atoms with Gasteiger partial charge in [-0.15, -0.1) is 6.42 Å². The number of anilines is 1. The minimum Gasteiger partial charge on any atom is -0.395 e. The Morgan fingerprint density at radius 1 is 1.61 bits per heavy atom. The van der Waals surface area contributed by atoms with Gasteiger partial charge in [0.05, 0.1) is 17.4 Å². The number of carbonyl (C=O) groups excluding carboxylic acids is 1. The van der Waals surface area contributed by atoms with Gasteiger partial charge in [-0.2, -0.15) is 5.10 Å². The van der Waals surface area contributed by atoms with E-state index in [1.807, 2.05) is 13.8 Å². The van der Waals surface area contributed by atoms with Crippen molar-refractivity contribution in [2.45, 2.75) is 39.2 Å². The number of nitrogens with two attached hydrogens (primary N) is 1. The summed E-state index contributed by atoms with van der Waals surface area (Å²) >= 11 is 0. The molecule has 5 heteroatoms. The van der Waals surface area contributed by atoms with Crippen molar-refractivity contribution in [1.82, 2.24) is 15.1 Å². The topological polar surface area (TPSA) is 72.9 Å². The fourth-order valence-electron chi connectivity index (χ4n) is 1.84. The van der Waals surface area contributed by atoms with Crippen molar-refractivity contribution in [2.75, 3.05) is 5.73 Å². The van der Waals surface area contributed by atoms with Gasteiger partial charge in [-0.25, -0.2) is 0 Å². The summed E-state index contributed by atoms with van der Waals surface area (Å²) < 4.78 is 1.50. The summed E-state index contributed by atoms with van der Waals surface area (Å²) in [6.07, 6.45) is 7.73. The summed E-state index contributed by atoms with van der Waals surface area (Å²) in [5.74, 6) is 2.30. The maximum atomic E-state index is 12.1.